The molecule has 0 spiro atoms. The van der Waals surface area contributed by atoms with Gasteiger partial charge in [0.25, 0.3) is 0 Å². The smallest absolute Gasteiger partial charge is 0.203 e. The van der Waals surface area contributed by atoms with E-state index in [1.165, 1.54) is 24.5 Å². The third-order valence-electron chi connectivity index (χ3n) is 4.65. The predicted molar refractivity (Wildman–Crippen MR) is 123 cm³/mol. The van der Waals surface area contributed by atoms with Gasteiger partial charge in [-0.25, -0.2) is 8.78 Å². The predicted octanol–water partition coefficient (Wildman–Crippen LogP) is 7.50. The van der Waals surface area contributed by atoms with Crippen LogP contribution in [0.25, 0.3) is 6.08 Å². The fourth-order valence-corrected chi connectivity index (χ4v) is 4.92. The monoisotopic (exact) mass is 542 g/mol. The molecule has 1 aromatic heterocycles. The molecule has 0 fully saturated rings. The Balaban J connectivity index is 1.80. The quantitative estimate of drug-likeness (QED) is 0.121. The number of ketones is 1. The zero-order valence-electron chi connectivity index (χ0n) is 17.7. The molecule has 0 saturated heterocycles. The summed E-state index contributed by atoms with van der Waals surface area (Å²) in [5.41, 5.74) is 0.957. The first-order chi connectivity index (χ1) is 15.7. The van der Waals surface area contributed by atoms with Crippen LogP contribution in [0.15, 0.2) is 40.9 Å². The number of ether oxygens (including phenoxy) is 2. The summed E-state index contributed by atoms with van der Waals surface area (Å²) >= 11 is 4.90. The van der Waals surface area contributed by atoms with Gasteiger partial charge in [0.1, 0.15) is 12.4 Å². The molecule has 0 radical (unpaired) electrons. The van der Waals surface area contributed by atoms with Crippen LogP contribution in [0.5, 0.6) is 11.5 Å². The van der Waals surface area contributed by atoms with Crippen molar-refractivity contribution >= 4 is 39.1 Å². The molecular formula is C24H19BrF4O3S. The molecule has 0 aliphatic carbocycles. The highest BCUT2D eigenvalue weighted by molar-refractivity contribution is 9.10. The number of benzene rings is 2. The zero-order chi connectivity index (χ0) is 24.1. The third-order valence-corrected chi connectivity index (χ3v) is 6.83. The van der Waals surface area contributed by atoms with E-state index in [0.717, 1.165) is 22.2 Å². The molecule has 174 valence electrons. The molecular weight excluding hydrogens is 524 g/mol. The normalized spacial score (nSPS) is 11.2. The first-order valence-corrected chi connectivity index (χ1v) is 11.5. The van der Waals surface area contributed by atoms with Crippen LogP contribution in [0, 0.1) is 23.3 Å². The largest absolute Gasteiger partial charge is 0.496 e. The van der Waals surface area contributed by atoms with Gasteiger partial charge in [0, 0.05) is 21.0 Å². The highest BCUT2D eigenvalue weighted by Crippen LogP contribution is 2.30. The van der Waals surface area contributed by atoms with Crippen LogP contribution in [0.1, 0.15) is 39.0 Å². The van der Waals surface area contributed by atoms with Crippen molar-refractivity contribution in [2.75, 3.05) is 7.11 Å². The molecule has 3 rings (SSSR count). The Kier molecular flexibility index (Phi) is 8.31. The van der Waals surface area contributed by atoms with E-state index in [-0.39, 0.29) is 11.8 Å². The van der Waals surface area contributed by atoms with Gasteiger partial charge >= 0.3 is 0 Å². The number of carbonyl (C=O) groups is 1. The molecule has 0 aliphatic rings. The van der Waals surface area contributed by atoms with Crippen LogP contribution in [-0.2, 0) is 13.0 Å². The fraction of sp³-hybridized carbons (Fsp3) is 0.208. The average molecular weight is 543 g/mol. The highest BCUT2D eigenvalue weighted by Gasteiger charge is 2.21. The SMILES string of the molecule is CCCc1sc(C(=O)/C=C/c2ccc(OC)c(COc3c(F)c(F)cc(F)c3F)c2)cc1Br. The van der Waals surface area contributed by atoms with Crippen LogP contribution in [0.3, 0.4) is 0 Å². The number of rotatable bonds is 9. The minimum atomic E-state index is -1.63. The number of thiophene rings is 1. The molecule has 0 atom stereocenters. The van der Waals surface area contributed by atoms with Gasteiger partial charge in [0.05, 0.1) is 12.0 Å². The second-order valence-corrected chi connectivity index (χ2v) is 8.98. The number of hydrogen-bond donors (Lipinski definition) is 0. The fourth-order valence-electron chi connectivity index (χ4n) is 3.02. The van der Waals surface area contributed by atoms with Gasteiger partial charge in [-0.2, -0.15) is 8.78 Å². The van der Waals surface area contributed by atoms with E-state index in [0.29, 0.717) is 21.8 Å². The summed E-state index contributed by atoms with van der Waals surface area (Å²) in [5.74, 6) is -7.37. The second kappa shape index (κ2) is 11.0. The zero-order valence-corrected chi connectivity index (χ0v) is 20.1. The van der Waals surface area contributed by atoms with Gasteiger partial charge in [0.15, 0.2) is 23.2 Å². The lowest BCUT2D eigenvalue weighted by Gasteiger charge is -2.13. The van der Waals surface area contributed by atoms with Crippen molar-refractivity contribution in [3.8, 4) is 11.5 Å². The Labute approximate surface area is 200 Å². The van der Waals surface area contributed by atoms with Crippen molar-refractivity contribution in [2.45, 2.75) is 26.4 Å². The number of halogens is 5. The molecule has 2 aromatic carbocycles. The summed E-state index contributed by atoms with van der Waals surface area (Å²) in [5, 5.41) is 0. The van der Waals surface area contributed by atoms with E-state index in [2.05, 4.69) is 22.9 Å². The molecule has 3 aromatic rings. The van der Waals surface area contributed by atoms with Crippen molar-refractivity contribution < 1.29 is 31.8 Å². The minimum Gasteiger partial charge on any atom is -0.496 e. The van der Waals surface area contributed by atoms with Crippen molar-refractivity contribution in [1.82, 2.24) is 0 Å². The molecule has 3 nitrogen and oxygen atoms in total. The average Bonchev–Trinajstić information content (AvgIpc) is 3.17. The molecule has 0 unspecified atom stereocenters. The lowest BCUT2D eigenvalue weighted by molar-refractivity contribution is 0.105. The number of allylic oxidation sites excluding steroid dienone is 1. The van der Waals surface area contributed by atoms with Gasteiger partial charge in [-0.05, 0) is 52.2 Å². The van der Waals surface area contributed by atoms with Crippen molar-refractivity contribution in [2.24, 2.45) is 0 Å². The van der Waals surface area contributed by atoms with Crippen molar-refractivity contribution in [3.05, 3.63) is 85.0 Å². The van der Waals surface area contributed by atoms with Gasteiger partial charge in [-0.3, -0.25) is 4.79 Å². The Bertz CT molecular complexity index is 1180. The number of hydrogen-bond acceptors (Lipinski definition) is 4. The van der Waals surface area contributed by atoms with Crippen LogP contribution >= 0.6 is 27.3 Å². The maximum atomic E-state index is 13.9. The first-order valence-electron chi connectivity index (χ1n) is 9.88. The van der Waals surface area contributed by atoms with Crippen molar-refractivity contribution in [3.63, 3.8) is 0 Å². The minimum absolute atomic E-state index is 0.109. The molecule has 0 saturated carbocycles. The van der Waals surface area contributed by atoms with E-state index >= 15 is 0 Å². The molecule has 1 heterocycles. The Morgan fingerprint density at radius 1 is 1.09 bits per heavy atom. The van der Waals surface area contributed by atoms with Crippen molar-refractivity contribution in [1.29, 1.82) is 0 Å². The van der Waals surface area contributed by atoms with Gasteiger partial charge in [0.2, 0.25) is 11.6 Å². The molecule has 0 bridgehead atoms. The van der Waals surface area contributed by atoms with E-state index in [4.69, 9.17) is 9.47 Å². The van der Waals surface area contributed by atoms with E-state index in [9.17, 15) is 22.4 Å². The molecule has 9 heteroatoms. The maximum absolute atomic E-state index is 13.9. The summed E-state index contributed by atoms with van der Waals surface area (Å²) in [6.45, 7) is 1.64. The summed E-state index contributed by atoms with van der Waals surface area (Å²) in [4.78, 5) is 14.2. The maximum Gasteiger partial charge on any atom is 0.203 e. The summed E-state index contributed by atoms with van der Waals surface area (Å²) in [7, 11) is 1.39. The molecule has 33 heavy (non-hydrogen) atoms. The lowest BCUT2D eigenvalue weighted by Crippen LogP contribution is -2.05. The Hall–Kier alpha value is -2.65. The highest BCUT2D eigenvalue weighted by atomic mass is 79.9. The van der Waals surface area contributed by atoms with Crippen LogP contribution in [0.2, 0.25) is 0 Å². The molecule has 0 N–H and O–H groups in total. The molecule has 0 aliphatic heterocycles. The summed E-state index contributed by atoms with van der Waals surface area (Å²) < 4.78 is 65.7. The van der Waals surface area contributed by atoms with E-state index < -0.39 is 35.6 Å². The molecule has 0 amide bonds. The topological polar surface area (TPSA) is 35.5 Å². The Morgan fingerprint density at radius 3 is 2.42 bits per heavy atom. The van der Waals surface area contributed by atoms with Gasteiger partial charge in [-0.1, -0.05) is 25.5 Å². The standard InChI is InChI=1S/C24H19BrF4O3S/c1-3-4-20-15(25)10-21(33-20)18(30)7-5-13-6-8-19(31-2)14(9-13)12-32-24-22(28)16(26)11-17(27)23(24)29/h5-11H,3-4,12H2,1-2H3/b7-5+. The lowest BCUT2D eigenvalue weighted by atomic mass is 10.1. The number of methoxy groups -OCH3 is 1. The second-order valence-electron chi connectivity index (χ2n) is 6.99. The number of carbonyl (C=O) groups excluding carboxylic acids is 1. The van der Waals surface area contributed by atoms with Gasteiger partial charge < -0.3 is 9.47 Å². The van der Waals surface area contributed by atoms with Crippen LogP contribution in [0.4, 0.5) is 17.6 Å². The third kappa shape index (κ3) is 5.83. The van der Waals surface area contributed by atoms with E-state index in [1.807, 2.05) is 0 Å². The van der Waals surface area contributed by atoms with E-state index in [1.54, 1.807) is 30.3 Å². The first kappa shape index (κ1) is 25.0. The van der Waals surface area contributed by atoms with Crippen LogP contribution in [-0.4, -0.2) is 12.9 Å². The van der Waals surface area contributed by atoms with Gasteiger partial charge in [-0.15, -0.1) is 11.3 Å². The van der Waals surface area contributed by atoms with Crippen LogP contribution < -0.4 is 9.47 Å². The summed E-state index contributed by atoms with van der Waals surface area (Å²) in [6, 6.07) is 6.75. The summed E-state index contributed by atoms with van der Waals surface area (Å²) in [6.07, 6.45) is 4.85. The Morgan fingerprint density at radius 2 is 1.79 bits per heavy atom. The number of aryl methyl sites for hydroxylation is 1.